The van der Waals surface area contributed by atoms with Gasteiger partial charge in [0.2, 0.25) is 6.10 Å². The van der Waals surface area contributed by atoms with Crippen molar-refractivity contribution in [3.63, 3.8) is 0 Å². The van der Waals surface area contributed by atoms with Crippen LogP contribution in [0, 0.1) is 0 Å². The highest BCUT2D eigenvalue weighted by molar-refractivity contribution is 5.95. The number of carbonyl (C=O) groups excluding carboxylic acids is 2. The molecule has 2 aromatic carbocycles. The molecule has 0 aliphatic carbocycles. The Hall–Kier alpha value is -2.86. The number of benzene rings is 2. The quantitative estimate of drug-likeness (QED) is 0.771. The van der Waals surface area contributed by atoms with Gasteiger partial charge in [-0.25, -0.2) is 4.79 Å². The average Bonchev–Trinajstić information content (AvgIpc) is 2.72. The van der Waals surface area contributed by atoms with Crippen molar-refractivity contribution in [2.75, 3.05) is 33.4 Å². The molecule has 0 spiro atoms. The van der Waals surface area contributed by atoms with Crippen LogP contribution in [0.1, 0.15) is 22.0 Å². The fraction of sp³-hybridized carbons (Fsp3) is 0.300. The van der Waals surface area contributed by atoms with Crippen molar-refractivity contribution in [3.8, 4) is 5.75 Å². The van der Waals surface area contributed by atoms with Gasteiger partial charge in [-0.05, 0) is 12.1 Å². The van der Waals surface area contributed by atoms with Gasteiger partial charge in [-0.2, -0.15) is 0 Å². The summed E-state index contributed by atoms with van der Waals surface area (Å²) in [5, 5.41) is 0. The van der Waals surface area contributed by atoms with Crippen molar-refractivity contribution in [2.24, 2.45) is 0 Å². The van der Waals surface area contributed by atoms with Gasteiger partial charge in [-0.3, -0.25) is 4.79 Å². The number of hydrogen-bond donors (Lipinski definition) is 0. The number of hydrogen-bond acceptors (Lipinski definition) is 5. The second kappa shape index (κ2) is 8.49. The number of nitrogens with zero attached hydrogens (tertiary/aromatic N) is 1. The smallest absolute Gasteiger partial charge is 0.343 e. The van der Waals surface area contributed by atoms with Crippen molar-refractivity contribution >= 4 is 11.9 Å². The molecule has 1 unspecified atom stereocenters. The lowest BCUT2D eigenvalue weighted by Gasteiger charge is -2.30. The molecular formula is C20H21NO5. The van der Waals surface area contributed by atoms with Crippen molar-refractivity contribution in [1.29, 1.82) is 0 Å². The lowest BCUT2D eigenvalue weighted by Crippen LogP contribution is -2.44. The molecule has 1 aliphatic heterocycles. The molecule has 1 aliphatic rings. The van der Waals surface area contributed by atoms with E-state index in [0.717, 1.165) is 0 Å². The van der Waals surface area contributed by atoms with Crippen LogP contribution in [0.5, 0.6) is 5.75 Å². The fourth-order valence-corrected chi connectivity index (χ4v) is 2.82. The number of esters is 1. The Kier molecular flexibility index (Phi) is 5.86. The molecule has 6 nitrogen and oxygen atoms in total. The number of methoxy groups -OCH3 is 1. The zero-order valence-electron chi connectivity index (χ0n) is 14.6. The lowest BCUT2D eigenvalue weighted by atomic mass is 10.1. The highest BCUT2D eigenvalue weighted by Crippen LogP contribution is 2.25. The minimum atomic E-state index is -1.01. The SMILES string of the molecule is COc1ccccc1C(=O)OC(C(=O)N1CCOCC1)c1ccccc1. The third kappa shape index (κ3) is 4.03. The predicted molar refractivity (Wildman–Crippen MR) is 95.0 cm³/mol. The number of ether oxygens (including phenoxy) is 3. The van der Waals surface area contributed by atoms with Crippen molar-refractivity contribution in [3.05, 3.63) is 65.7 Å². The minimum absolute atomic E-state index is 0.247. The van der Waals surface area contributed by atoms with Crippen molar-refractivity contribution in [1.82, 2.24) is 4.90 Å². The summed E-state index contributed by atoms with van der Waals surface area (Å²) in [6.45, 7) is 1.92. The van der Waals surface area contributed by atoms with E-state index in [1.807, 2.05) is 18.2 Å². The maximum atomic E-state index is 13.0. The van der Waals surface area contributed by atoms with Gasteiger partial charge < -0.3 is 19.1 Å². The Labute approximate surface area is 152 Å². The maximum Gasteiger partial charge on any atom is 0.343 e. The monoisotopic (exact) mass is 355 g/mol. The molecule has 6 heteroatoms. The molecule has 136 valence electrons. The molecular weight excluding hydrogens is 334 g/mol. The van der Waals surface area contributed by atoms with Crippen LogP contribution in [0.25, 0.3) is 0 Å². The second-order valence-electron chi connectivity index (χ2n) is 5.83. The summed E-state index contributed by atoms with van der Waals surface area (Å²) in [5.74, 6) is -0.441. The molecule has 0 radical (unpaired) electrons. The Morgan fingerprint density at radius 1 is 1.00 bits per heavy atom. The molecule has 3 rings (SSSR count). The first-order chi connectivity index (χ1) is 12.7. The van der Waals surface area contributed by atoms with E-state index < -0.39 is 12.1 Å². The molecule has 26 heavy (non-hydrogen) atoms. The van der Waals surface area contributed by atoms with Gasteiger partial charge in [0.15, 0.2) is 0 Å². The normalized spacial score (nSPS) is 15.2. The molecule has 0 bridgehead atoms. The third-order valence-electron chi connectivity index (χ3n) is 4.20. The summed E-state index contributed by atoms with van der Waals surface area (Å²) < 4.78 is 16.1. The van der Waals surface area contributed by atoms with E-state index in [4.69, 9.17) is 14.2 Å². The van der Waals surface area contributed by atoms with Crippen LogP contribution in [0.4, 0.5) is 0 Å². The zero-order valence-corrected chi connectivity index (χ0v) is 14.6. The number of rotatable bonds is 5. The number of para-hydroxylation sites is 1. The molecule has 1 amide bonds. The van der Waals surface area contributed by atoms with Gasteiger partial charge >= 0.3 is 5.97 Å². The van der Waals surface area contributed by atoms with Crippen molar-refractivity contribution < 1.29 is 23.8 Å². The van der Waals surface area contributed by atoms with E-state index in [0.29, 0.717) is 37.6 Å². The maximum absolute atomic E-state index is 13.0. The molecule has 0 aromatic heterocycles. The zero-order chi connectivity index (χ0) is 18.4. The van der Waals surface area contributed by atoms with E-state index in [2.05, 4.69) is 0 Å². The minimum Gasteiger partial charge on any atom is -0.496 e. The number of morpholine rings is 1. The van der Waals surface area contributed by atoms with Gasteiger partial charge in [0.25, 0.3) is 5.91 Å². The largest absolute Gasteiger partial charge is 0.496 e. The van der Waals surface area contributed by atoms with E-state index in [9.17, 15) is 9.59 Å². The first kappa shape index (κ1) is 17.9. The van der Waals surface area contributed by atoms with Gasteiger partial charge in [0, 0.05) is 18.7 Å². The first-order valence-electron chi connectivity index (χ1n) is 8.46. The topological polar surface area (TPSA) is 65.1 Å². The van der Waals surface area contributed by atoms with Crippen LogP contribution in [0.15, 0.2) is 54.6 Å². The summed E-state index contributed by atoms with van der Waals surface area (Å²) in [6.07, 6.45) is -1.01. The van der Waals surface area contributed by atoms with Gasteiger partial charge in [0.1, 0.15) is 11.3 Å². The van der Waals surface area contributed by atoms with E-state index in [1.165, 1.54) is 7.11 Å². The van der Waals surface area contributed by atoms with Crippen LogP contribution in [-0.4, -0.2) is 50.2 Å². The number of carbonyl (C=O) groups is 2. The highest BCUT2D eigenvalue weighted by atomic mass is 16.6. The highest BCUT2D eigenvalue weighted by Gasteiger charge is 2.31. The van der Waals surface area contributed by atoms with Gasteiger partial charge in [0.05, 0.1) is 20.3 Å². The van der Waals surface area contributed by atoms with E-state index >= 15 is 0 Å². The molecule has 1 atom stereocenters. The third-order valence-corrected chi connectivity index (χ3v) is 4.20. The molecule has 1 heterocycles. The van der Waals surface area contributed by atoms with Crippen LogP contribution in [-0.2, 0) is 14.3 Å². The van der Waals surface area contributed by atoms with E-state index in [1.54, 1.807) is 41.3 Å². The van der Waals surface area contributed by atoms with Crippen LogP contribution in [0.3, 0.4) is 0 Å². The Morgan fingerprint density at radius 3 is 2.35 bits per heavy atom. The average molecular weight is 355 g/mol. The van der Waals surface area contributed by atoms with E-state index in [-0.39, 0.29) is 11.5 Å². The Bertz CT molecular complexity index is 756. The summed E-state index contributed by atoms with van der Waals surface area (Å²) in [6, 6.07) is 15.8. The van der Waals surface area contributed by atoms with Gasteiger partial charge in [-0.15, -0.1) is 0 Å². The molecule has 0 saturated carbocycles. The fourth-order valence-electron chi connectivity index (χ4n) is 2.82. The lowest BCUT2D eigenvalue weighted by molar-refractivity contribution is -0.145. The molecule has 2 aromatic rings. The Morgan fingerprint density at radius 2 is 1.65 bits per heavy atom. The summed E-state index contributed by atoms with van der Waals surface area (Å²) in [7, 11) is 1.49. The van der Waals surface area contributed by atoms with Crippen LogP contribution < -0.4 is 4.74 Å². The molecule has 0 N–H and O–H groups in total. The number of amides is 1. The van der Waals surface area contributed by atoms with Crippen LogP contribution >= 0.6 is 0 Å². The summed E-state index contributed by atoms with van der Waals surface area (Å²) >= 11 is 0. The molecule has 1 fully saturated rings. The molecule has 1 saturated heterocycles. The second-order valence-corrected chi connectivity index (χ2v) is 5.83. The predicted octanol–water partition coefficient (Wildman–Crippen LogP) is 2.45. The Balaban J connectivity index is 1.86. The van der Waals surface area contributed by atoms with Gasteiger partial charge in [-0.1, -0.05) is 42.5 Å². The first-order valence-corrected chi connectivity index (χ1v) is 8.46. The van der Waals surface area contributed by atoms with Crippen molar-refractivity contribution in [2.45, 2.75) is 6.10 Å². The summed E-state index contributed by atoms with van der Waals surface area (Å²) in [5.41, 5.74) is 0.915. The van der Waals surface area contributed by atoms with Crippen LogP contribution in [0.2, 0.25) is 0 Å². The standard InChI is InChI=1S/C20H21NO5/c1-24-17-10-6-5-9-16(17)20(23)26-18(15-7-3-2-4-8-15)19(22)21-11-13-25-14-12-21/h2-10,18H,11-14H2,1H3. The summed E-state index contributed by atoms with van der Waals surface area (Å²) in [4.78, 5) is 27.3.